The number of alkyl halides is 2. The van der Waals surface area contributed by atoms with Crippen LogP contribution in [0, 0.1) is 5.82 Å². The molecule has 0 aliphatic rings. The van der Waals surface area contributed by atoms with Crippen molar-refractivity contribution >= 4 is 12.0 Å². The summed E-state index contributed by atoms with van der Waals surface area (Å²) in [5.74, 6) is -0.978. The monoisotopic (exact) mass is 351 g/mol. The molecule has 1 N–H and O–H groups in total. The summed E-state index contributed by atoms with van der Waals surface area (Å²) in [4.78, 5) is 11.8. The van der Waals surface area contributed by atoms with Gasteiger partial charge in [-0.1, -0.05) is 30.3 Å². The average Bonchev–Trinajstić information content (AvgIpc) is 2.59. The van der Waals surface area contributed by atoms with E-state index in [1.54, 1.807) is 24.3 Å². The zero-order chi connectivity index (χ0) is 18.2. The lowest BCUT2D eigenvalue weighted by Gasteiger charge is -2.12. The highest BCUT2D eigenvalue weighted by atomic mass is 19.3. The van der Waals surface area contributed by atoms with Crippen LogP contribution in [0.2, 0.25) is 0 Å². The Hall–Kier alpha value is -2.96. The van der Waals surface area contributed by atoms with Crippen LogP contribution >= 0.6 is 0 Å². The number of nitrogens with one attached hydrogen (secondary N) is 1. The zero-order valence-corrected chi connectivity index (χ0v) is 13.3. The molecule has 2 aromatic carbocycles. The van der Waals surface area contributed by atoms with E-state index in [4.69, 9.17) is 4.74 Å². The summed E-state index contributed by atoms with van der Waals surface area (Å²) in [5.41, 5.74) is 0.591. The molecule has 0 aliphatic heterocycles. The van der Waals surface area contributed by atoms with E-state index in [0.29, 0.717) is 5.56 Å². The SMILES string of the molecule is COc1cccc(/C=C/C(=O)NCc2ccccc2F)c1OC(F)F. The van der Waals surface area contributed by atoms with Gasteiger partial charge in [0, 0.05) is 23.7 Å². The number of para-hydroxylation sites is 1. The lowest BCUT2D eigenvalue weighted by atomic mass is 10.1. The van der Waals surface area contributed by atoms with Gasteiger partial charge in [-0.05, 0) is 18.2 Å². The number of hydrogen-bond donors (Lipinski definition) is 1. The topological polar surface area (TPSA) is 47.6 Å². The van der Waals surface area contributed by atoms with Crippen molar-refractivity contribution in [1.29, 1.82) is 0 Å². The molecule has 0 fully saturated rings. The second-order valence-electron chi connectivity index (χ2n) is 4.90. The van der Waals surface area contributed by atoms with Gasteiger partial charge in [0.15, 0.2) is 11.5 Å². The first-order valence-electron chi connectivity index (χ1n) is 7.32. The third kappa shape index (κ3) is 5.27. The van der Waals surface area contributed by atoms with Crippen molar-refractivity contribution < 1.29 is 27.4 Å². The van der Waals surface area contributed by atoms with Gasteiger partial charge in [0.1, 0.15) is 5.82 Å². The van der Waals surface area contributed by atoms with Crippen LogP contribution in [0.3, 0.4) is 0 Å². The Kier molecular flexibility index (Phi) is 6.45. The summed E-state index contributed by atoms with van der Waals surface area (Å²) in [6, 6.07) is 10.6. The van der Waals surface area contributed by atoms with E-state index in [9.17, 15) is 18.0 Å². The van der Waals surface area contributed by atoms with Crippen molar-refractivity contribution in [2.45, 2.75) is 13.2 Å². The van der Waals surface area contributed by atoms with E-state index < -0.39 is 18.3 Å². The standard InChI is InChI=1S/C18H16F3NO3/c1-24-15-8-4-6-12(17(15)25-18(20)21)9-10-16(23)22-11-13-5-2-3-7-14(13)19/h2-10,18H,11H2,1H3,(H,22,23)/b10-9+. The number of rotatable bonds is 7. The van der Waals surface area contributed by atoms with E-state index in [0.717, 1.165) is 6.08 Å². The molecule has 0 saturated heterocycles. The number of methoxy groups -OCH3 is 1. The zero-order valence-electron chi connectivity index (χ0n) is 13.3. The van der Waals surface area contributed by atoms with Gasteiger partial charge in [-0.15, -0.1) is 0 Å². The molecule has 7 heteroatoms. The average molecular weight is 351 g/mol. The van der Waals surface area contributed by atoms with Crippen molar-refractivity contribution in [2.75, 3.05) is 7.11 Å². The van der Waals surface area contributed by atoms with Gasteiger partial charge in [0.2, 0.25) is 5.91 Å². The van der Waals surface area contributed by atoms with Crippen LogP contribution in [-0.2, 0) is 11.3 Å². The third-order valence-corrected chi connectivity index (χ3v) is 3.26. The summed E-state index contributed by atoms with van der Waals surface area (Å²) < 4.78 is 48.0. The minimum absolute atomic E-state index is 0.00828. The van der Waals surface area contributed by atoms with Gasteiger partial charge in [0.25, 0.3) is 0 Å². The normalized spacial score (nSPS) is 10.9. The van der Waals surface area contributed by atoms with Crippen molar-refractivity contribution in [3.63, 3.8) is 0 Å². The number of ether oxygens (including phenoxy) is 2. The summed E-state index contributed by atoms with van der Waals surface area (Å²) in [7, 11) is 1.32. The second kappa shape index (κ2) is 8.77. The fraction of sp³-hybridized carbons (Fsp3) is 0.167. The fourth-order valence-electron chi connectivity index (χ4n) is 2.09. The molecule has 0 unspecified atom stereocenters. The summed E-state index contributed by atoms with van der Waals surface area (Å²) in [5, 5.41) is 2.51. The number of halogens is 3. The number of carbonyl (C=O) groups excluding carboxylic acids is 1. The van der Waals surface area contributed by atoms with Crippen molar-refractivity contribution in [3.05, 3.63) is 65.5 Å². The predicted octanol–water partition coefficient (Wildman–Crippen LogP) is 3.77. The minimum atomic E-state index is -3.03. The van der Waals surface area contributed by atoms with Crippen LogP contribution in [0.1, 0.15) is 11.1 Å². The largest absolute Gasteiger partial charge is 0.493 e. The smallest absolute Gasteiger partial charge is 0.387 e. The number of hydrogen-bond acceptors (Lipinski definition) is 3. The molecule has 0 atom stereocenters. The molecule has 4 nitrogen and oxygen atoms in total. The molecular formula is C18H16F3NO3. The van der Waals surface area contributed by atoms with Gasteiger partial charge >= 0.3 is 6.61 Å². The first-order chi connectivity index (χ1) is 12.0. The van der Waals surface area contributed by atoms with Crippen molar-refractivity contribution in [2.24, 2.45) is 0 Å². The Morgan fingerprint density at radius 1 is 1.20 bits per heavy atom. The van der Waals surface area contributed by atoms with Crippen molar-refractivity contribution in [1.82, 2.24) is 5.32 Å². The molecule has 0 bridgehead atoms. The van der Waals surface area contributed by atoms with Crippen LogP contribution in [0.4, 0.5) is 13.2 Å². The molecule has 0 saturated carbocycles. The van der Waals surface area contributed by atoms with Gasteiger partial charge < -0.3 is 14.8 Å². The second-order valence-corrected chi connectivity index (χ2v) is 4.90. The third-order valence-electron chi connectivity index (χ3n) is 3.26. The quantitative estimate of drug-likeness (QED) is 0.773. The number of carbonyl (C=O) groups is 1. The summed E-state index contributed by atoms with van der Waals surface area (Å²) in [6.45, 7) is -3.02. The lowest BCUT2D eigenvalue weighted by molar-refractivity contribution is -0.116. The maximum absolute atomic E-state index is 13.5. The molecule has 0 heterocycles. The molecule has 2 rings (SSSR count). The number of benzene rings is 2. The Bertz CT molecular complexity index is 763. The van der Waals surface area contributed by atoms with Gasteiger partial charge in [-0.3, -0.25) is 4.79 Å². The summed E-state index contributed by atoms with van der Waals surface area (Å²) >= 11 is 0. The van der Waals surface area contributed by atoms with E-state index in [-0.39, 0.29) is 23.6 Å². The van der Waals surface area contributed by atoms with E-state index in [2.05, 4.69) is 10.1 Å². The minimum Gasteiger partial charge on any atom is -0.493 e. The summed E-state index contributed by atoms with van der Waals surface area (Å²) in [6.07, 6.45) is 2.46. The molecule has 1 amide bonds. The lowest BCUT2D eigenvalue weighted by Crippen LogP contribution is -2.20. The molecule has 0 radical (unpaired) electrons. The Balaban J connectivity index is 2.08. The Labute approximate surface area is 142 Å². The van der Waals surface area contributed by atoms with E-state index in [1.165, 1.54) is 31.4 Å². The van der Waals surface area contributed by atoms with Crippen LogP contribution in [0.5, 0.6) is 11.5 Å². The fourth-order valence-corrected chi connectivity index (χ4v) is 2.09. The van der Waals surface area contributed by atoms with Gasteiger partial charge in [0.05, 0.1) is 7.11 Å². The molecule has 132 valence electrons. The molecule has 0 spiro atoms. The maximum Gasteiger partial charge on any atom is 0.387 e. The van der Waals surface area contributed by atoms with Crippen molar-refractivity contribution in [3.8, 4) is 11.5 Å². The van der Waals surface area contributed by atoms with E-state index in [1.807, 2.05) is 0 Å². The number of amides is 1. The van der Waals surface area contributed by atoms with Crippen LogP contribution in [0.25, 0.3) is 6.08 Å². The van der Waals surface area contributed by atoms with Gasteiger partial charge in [-0.2, -0.15) is 8.78 Å². The predicted molar refractivity (Wildman–Crippen MR) is 86.9 cm³/mol. The first kappa shape index (κ1) is 18.4. The Morgan fingerprint density at radius 3 is 2.64 bits per heavy atom. The highest BCUT2D eigenvalue weighted by molar-refractivity contribution is 5.92. The molecule has 0 aromatic heterocycles. The van der Waals surface area contributed by atoms with Crippen LogP contribution in [0.15, 0.2) is 48.5 Å². The first-order valence-corrected chi connectivity index (χ1v) is 7.32. The highest BCUT2D eigenvalue weighted by Crippen LogP contribution is 2.33. The molecule has 0 aliphatic carbocycles. The molecular weight excluding hydrogens is 335 g/mol. The Morgan fingerprint density at radius 2 is 1.96 bits per heavy atom. The highest BCUT2D eigenvalue weighted by Gasteiger charge is 2.14. The van der Waals surface area contributed by atoms with Crippen LogP contribution < -0.4 is 14.8 Å². The van der Waals surface area contributed by atoms with Gasteiger partial charge in [-0.25, -0.2) is 4.39 Å². The molecule has 25 heavy (non-hydrogen) atoms. The van der Waals surface area contributed by atoms with Crippen LogP contribution in [-0.4, -0.2) is 19.6 Å². The molecule has 2 aromatic rings. The van der Waals surface area contributed by atoms with E-state index >= 15 is 0 Å². The maximum atomic E-state index is 13.5.